The van der Waals surface area contributed by atoms with Gasteiger partial charge in [-0.3, -0.25) is 0 Å². The number of carbonyl (C=O) groups is 1. The fourth-order valence-corrected chi connectivity index (χ4v) is 0.541. The molecule has 0 radical (unpaired) electrons. The lowest BCUT2D eigenvalue weighted by Gasteiger charge is -1.99. The molecular weight excluding hydrogens is 151 g/mol. The topological polar surface area (TPSA) is 35.5 Å². The maximum Gasteiger partial charge on any atom is 0.330 e. The third-order valence-corrected chi connectivity index (χ3v) is 1.05. The van der Waals surface area contributed by atoms with Crippen LogP contribution < -0.4 is 0 Å². The monoisotopic (exact) mass is 162 g/mol. The highest BCUT2D eigenvalue weighted by Gasteiger charge is 1.92. The molecule has 0 aliphatic carbocycles. The Hall–Kier alpha value is -0.400. The smallest absolute Gasteiger partial charge is 0.330 e. The summed E-state index contributed by atoms with van der Waals surface area (Å²) in [5.74, 6) is -0.385. The van der Waals surface area contributed by atoms with Gasteiger partial charge in [-0.1, -0.05) is 6.58 Å². The van der Waals surface area contributed by atoms with Gasteiger partial charge in [0, 0.05) is 22.0 Å². The summed E-state index contributed by atoms with van der Waals surface area (Å²) in [7, 11) is 2.12. The van der Waals surface area contributed by atoms with Gasteiger partial charge in [-0.25, -0.2) is 4.79 Å². The quantitative estimate of drug-likeness (QED) is 0.261. The third kappa shape index (κ3) is 5.73. The molecule has 0 aromatic heterocycles. The highest BCUT2D eigenvalue weighted by molar-refractivity contribution is 7.09. The zero-order valence-corrected chi connectivity index (χ0v) is 6.86. The second kappa shape index (κ2) is 6.72. The van der Waals surface area contributed by atoms with Crippen molar-refractivity contribution in [2.45, 2.75) is 6.42 Å². The zero-order chi connectivity index (χ0) is 7.82. The number of carbonyl (C=O) groups excluding carboxylic acids is 1. The van der Waals surface area contributed by atoms with E-state index in [2.05, 4.69) is 25.3 Å². The molecule has 0 N–H and O–H groups in total. The van der Waals surface area contributed by atoms with Gasteiger partial charge in [0.1, 0.15) is 0 Å². The minimum atomic E-state index is -0.385. The Morgan fingerprint density at radius 3 is 2.80 bits per heavy atom. The van der Waals surface area contributed by atoms with E-state index in [-0.39, 0.29) is 5.97 Å². The normalized spacial score (nSPS) is 8.90. The van der Waals surface area contributed by atoms with Crippen LogP contribution in [0.2, 0.25) is 0 Å². The van der Waals surface area contributed by atoms with E-state index in [1.165, 1.54) is 0 Å². The number of rotatable bonds is 5. The van der Waals surface area contributed by atoms with Crippen molar-refractivity contribution in [2.75, 3.05) is 13.2 Å². The average Bonchev–Trinajstić information content (AvgIpc) is 1.98. The number of ether oxygens (including phenoxy) is 1. The molecule has 0 amide bonds. The molecule has 3 nitrogen and oxygen atoms in total. The second-order valence-corrected chi connectivity index (χ2v) is 1.93. The van der Waals surface area contributed by atoms with Crippen molar-refractivity contribution in [2.24, 2.45) is 0 Å². The van der Waals surface area contributed by atoms with Crippen LogP contribution in [-0.2, 0) is 14.1 Å². The van der Waals surface area contributed by atoms with Gasteiger partial charge in [0.2, 0.25) is 0 Å². The Morgan fingerprint density at radius 2 is 2.30 bits per heavy atom. The third-order valence-electron chi connectivity index (χ3n) is 0.818. The van der Waals surface area contributed by atoms with Crippen molar-refractivity contribution in [3.63, 3.8) is 0 Å². The van der Waals surface area contributed by atoms with Crippen LogP contribution in [0, 0.1) is 0 Å². The molecule has 10 heavy (non-hydrogen) atoms. The van der Waals surface area contributed by atoms with Crippen LogP contribution in [0.5, 0.6) is 0 Å². The molecular formula is C6H11O3P. The Labute approximate surface area is 62.7 Å². The molecule has 0 spiro atoms. The van der Waals surface area contributed by atoms with E-state index < -0.39 is 0 Å². The Bertz CT molecular complexity index is 114. The van der Waals surface area contributed by atoms with Crippen LogP contribution in [0.3, 0.4) is 0 Å². The molecule has 0 aliphatic rings. The van der Waals surface area contributed by atoms with E-state index in [1.54, 1.807) is 0 Å². The van der Waals surface area contributed by atoms with Crippen LogP contribution in [0.1, 0.15) is 6.42 Å². The molecule has 0 bridgehead atoms. The Balaban J connectivity index is 3.03. The van der Waals surface area contributed by atoms with Gasteiger partial charge in [-0.15, -0.1) is 0 Å². The summed E-state index contributed by atoms with van der Waals surface area (Å²) in [6.45, 7) is 4.22. The first kappa shape index (κ1) is 9.60. The number of hydrogen-bond donors (Lipinski definition) is 0. The lowest BCUT2D eigenvalue weighted by atomic mass is 10.5. The van der Waals surface area contributed by atoms with E-state index in [9.17, 15) is 4.79 Å². The molecule has 58 valence electrons. The van der Waals surface area contributed by atoms with Gasteiger partial charge in [0.15, 0.2) is 0 Å². The fraction of sp³-hybridized carbons (Fsp3) is 0.500. The fourth-order valence-electron chi connectivity index (χ4n) is 0.374. The van der Waals surface area contributed by atoms with Crippen molar-refractivity contribution in [3.05, 3.63) is 12.7 Å². The number of hydrogen-bond acceptors (Lipinski definition) is 3. The zero-order valence-electron chi connectivity index (χ0n) is 5.71. The van der Waals surface area contributed by atoms with E-state index in [1.807, 2.05) is 0 Å². The molecule has 0 saturated carbocycles. The molecule has 1 atom stereocenters. The van der Waals surface area contributed by atoms with Gasteiger partial charge in [0.25, 0.3) is 0 Å². The predicted molar refractivity (Wildman–Crippen MR) is 41.4 cm³/mol. The van der Waals surface area contributed by atoms with Gasteiger partial charge in [-0.05, 0) is 0 Å². The lowest BCUT2D eigenvalue weighted by molar-refractivity contribution is -0.137. The van der Waals surface area contributed by atoms with E-state index >= 15 is 0 Å². The lowest BCUT2D eigenvalue weighted by Crippen LogP contribution is -2.03. The summed E-state index contributed by atoms with van der Waals surface area (Å²) in [5, 5.41) is 0. The maximum absolute atomic E-state index is 10.4. The molecule has 0 aromatic rings. The first-order chi connectivity index (χ1) is 4.81. The number of esters is 1. The molecule has 0 aliphatic heterocycles. The largest absolute Gasteiger partial charge is 0.462 e. The summed E-state index contributed by atoms with van der Waals surface area (Å²) in [5.41, 5.74) is 0. The van der Waals surface area contributed by atoms with Crippen molar-refractivity contribution in [1.29, 1.82) is 0 Å². The highest BCUT2D eigenvalue weighted by Crippen LogP contribution is 1.90. The summed E-state index contributed by atoms with van der Waals surface area (Å²) in [6.07, 6.45) is 1.85. The van der Waals surface area contributed by atoms with Crippen molar-refractivity contribution in [1.82, 2.24) is 0 Å². The van der Waals surface area contributed by atoms with Gasteiger partial charge in [0.05, 0.1) is 13.2 Å². The minimum absolute atomic E-state index is 0.385. The van der Waals surface area contributed by atoms with Gasteiger partial charge in [-0.2, -0.15) is 0 Å². The molecule has 0 fully saturated rings. The summed E-state index contributed by atoms with van der Waals surface area (Å²) in [4.78, 5) is 10.4. The van der Waals surface area contributed by atoms with Crippen molar-refractivity contribution >= 4 is 15.4 Å². The van der Waals surface area contributed by atoms with Crippen molar-refractivity contribution < 1.29 is 14.1 Å². The van der Waals surface area contributed by atoms with Crippen LogP contribution in [0.15, 0.2) is 12.7 Å². The van der Waals surface area contributed by atoms with Crippen LogP contribution in [0.4, 0.5) is 0 Å². The second-order valence-electron chi connectivity index (χ2n) is 1.60. The van der Waals surface area contributed by atoms with Crippen LogP contribution in [0.25, 0.3) is 0 Å². The Morgan fingerprint density at radius 1 is 1.60 bits per heavy atom. The van der Waals surface area contributed by atoms with E-state index in [4.69, 9.17) is 0 Å². The van der Waals surface area contributed by atoms with Crippen LogP contribution in [-0.4, -0.2) is 19.2 Å². The maximum atomic E-state index is 10.4. The first-order valence-corrected chi connectivity index (χ1v) is 3.39. The first-order valence-electron chi connectivity index (χ1n) is 2.92. The molecule has 0 aromatic carbocycles. The van der Waals surface area contributed by atoms with Gasteiger partial charge >= 0.3 is 5.97 Å². The van der Waals surface area contributed by atoms with Crippen LogP contribution >= 0.6 is 9.47 Å². The summed E-state index contributed by atoms with van der Waals surface area (Å²) >= 11 is 0. The standard InChI is InChI=1S/C6H11O3P/c1-2-6(7)8-4-3-5-9-10/h2H,1,3-5,10H2. The SMILES string of the molecule is C=CC(=O)OCCCOP. The van der Waals surface area contributed by atoms with Gasteiger partial charge < -0.3 is 9.26 Å². The summed E-state index contributed by atoms with van der Waals surface area (Å²) in [6, 6.07) is 0. The van der Waals surface area contributed by atoms with E-state index in [0.29, 0.717) is 19.6 Å². The minimum Gasteiger partial charge on any atom is -0.462 e. The predicted octanol–water partition coefficient (Wildman–Crippen LogP) is 0.912. The molecule has 0 rings (SSSR count). The molecule has 4 heteroatoms. The summed E-state index contributed by atoms with van der Waals surface area (Å²) < 4.78 is 9.30. The van der Waals surface area contributed by atoms with E-state index in [0.717, 1.165) is 6.08 Å². The molecule has 1 unspecified atom stereocenters. The highest BCUT2D eigenvalue weighted by atomic mass is 31.0. The van der Waals surface area contributed by atoms with Crippen molar-refractivity contribution in [3.8, 4) is 0 Å². The molecule has 0 heterocycles. The molecule has 0 saturated heterocycles. The Kier molecular flexibility index (Phi) is 6.45. The average molecular weight is 162 g/mol.